The molecule has 18 heavy (non-hydrogen) atoms. The number of carboxylic acids is 1. The topological polar surface area (TPSA) is 40.5 Å². The van der Waals surface area contributed by atoms with Gasteiger partial charge in [0.2, 0.25) is 0 Å². The lowest BCUT2D eigenvalue weighted by Gasteiger charge is -2.16. The summed E-state index contributed by atoms with van der Waals surface area (Å²) in [7, 11) is 2.08. The molecule has 0 saturated heterocycles. The van der Waals surface area contributed by atoms with Crippen LogP contribution in [0.2, 0.25) is 0 Å². The Bertz CT molecular complexity index is 365. The predicted octanol–water partition coefficient (Wildman–Crippen LogP) is 3.18. The first-order valence-corrected chi connectivity index (χ1v) is 7.02. The second-order valence-corrected chi connectivity index (χ2v) is 5.45. The minimum atomic E-state index is -0.701. The molecule has 0 spiro atoms. The Kier molecular flexibility index (Phi) is 6.98. The fraction of sp³-hybridized carbons (Fsp3) is 0.500. The standard InChI is InChI=1S/C14H20BrNO2/c1-16(10-3-2-4-14(17)18)11-9-12-5-7-13(15)8-6-12/h5-8H,2-4,9-11H2,1H3,(H,17,18). The molecule has 0 aromatic heterocycles. The van der Waals surface area contributed by atoms with Crippen LogP contribution in [0.1, 0.15) is 24.8 Å². The summed E-state index contributed by atoms with van der Waals surface area (Å²) in [6, 6.07) is 8.37. The first-order chi connectivity index (χ1) is 8.58. The summed E-state index contributed by atoms with van der Waals surface area (Å²) < 4.78 is 1.10. The second kappa shape index (κ2) is 8.27. The van der Waals surface area contributed by atoms with E-state index in [9.17, 15) is 4.79 Å². The Morgan fingerprint density at radius 1 is 1.22 bits per heavy atom. The highest BCUT2D eigenvalue weighted by Gasteiger charge is 2.01. The molecular weight excluding hydrogens is 294 g/mol. The summed E-state index contributed by atoms with van der Waals surface area (Å²) in [5.41, 5.74) is 1.33. The van der Waals surface area contributed by atoms with Crippen molar-refractivity contribution >= 4 is 21.9 Å². The lowest BCUT2D eigenvalue weighted by atomic mass is 10.1. The van der Waals surface area contributed by atoms with Gasteiger partial charge in [0.05, 0.1) is 0 Å². The number of hydrogen-bond acceptors (Lipinski definition) is 2. The monoisotopic (exact) mass is 313 g/mol. The van der Waals surface area contributed by atoms with Crippen molar-refractivity contribution in [2.45, 2.75) is 25.7 Å². The van der Waals surface area contributed by atoms with Crippen LogP contribution in [-0.2, 0) is 11.2 Å². The van der Waals surface area contributed by atoms with Gasteiger partial charge in [0, 0.05) is 17.4 Å². The van der Waals surface area contributed by atoms with E-state index in [2.05, 4.69) is 52.1 Å². The van der Waals surface area contributed by atoms with Crippen molar-refractivity contribution < 1.29 is 9.90 Å². The molecule has 0 atom stereocenters. The third-order valence-electron chi connectivity index (χ3n) is 2.88. The van der Waals surface area contributed by atoms with Gasteiger partial charge in [0.1, 0.15) is 0 Å². The number of carboxylic acid groups (broad SMARTS) is 1. The van der Waals surface area contributed by atoms with E-state index in [1.807, 2.05) is 0 Å². The number of likely N-dealkylation sites (N-methyl/N-ethyl adjacent to an activating group) is 1. The van der Waals surface area contributed by atoms with Crippen molar-refractivity contribution in [1.29, 1.82) is 0 Å². The Morgan fingerprint density at radius 2 is 1.89 bits per heavy atom. The minimum absolute atomic E-state index is 0.278. The number of unbranched alkanes of at least 4 members (excludes halogenated alkanes) is 1. The molecule has 0 aliphatic rings. The molecule has 0 bridgehead atoms. The molecule has 0 fully saturated rings. The summed E-state index contributed by atoms with van der Waals surface area (Å²) in [5, 5.41) is 8.54. The molecule has 3 nitrogen and oxygen atoms in total. The normalized spacial score (nSPS) is 10.8. The zero-order valence-electron chi connectivity index (χ0n) is 10.7. The molecule has 0 amide bonds. The van der Waals surface area contributed by atoms with Crippen LogP contribution in [0, 0.1) is 0 Å². The number of carbonyl (C=O) groups is 1. The fourth-order valence-corrected chi connectivity index (χ4v) is 2.01. The van der Waals surface area contributed by atoms with Crippen molar-refractivity contribution in [3.8, 4) is 0 Å². The average molecular weight is 314 g/mol. The average Bonchev–Trinajstić information content (AvgIpc) is 2.34. The predicted molar refractivity (Wildman–Crippen MR) is 76.8 cm³/mol. The minimum Gasteiger partial charge on any atom is -0.481 e. The lowest BCUT2D eigenvalue weighted by molar-refractivity contribution is -0.137. The van der Waals surface area contributed by atoms with E-state index in [0.717, 1.165) is 36.8 Å². The third-order valence-corrected chi connectivity index (χ3v) is 3.40. The Balaban J connectivity index is 2.14. The molecule has 0 radical (unpaired) electrons. The lowest BCUT2D eigenvalue weighted by Crippen LogP contribution is -2.22. The molecule has 0 heterocycles. The summed E-state index contributed by atoms with van der Waals surface area (Å²) in [4.78, 5) is 12.6. The van der Waals surface area contributed by atoms with E-state index in [0.29, 0.717) is 0 Å². The molecule has 100 valence electrons. The van der Waals surface area contributed by atoms with Gasteiger partial charge in [-0.15, -0.1) is 0 Å². The van der Waals surface area contributed by atoms with Gasteiger partial charge in [0.25, 0.3) is 0 Å². The molecule has 1 rings (SSSR count). The third kappa shape index (κ3) is 6.77. The first kappa shape index (κ1) is 15.2. The Labute approximate surface area is 117 Å². The molecule has 0 aliphatic heterocycles. The number of nitrogens with zero attached hydrogens (tertiary/aromatic N) is 1. The molecule has 1 aromatic rings. The summed E-state index contributed by atoms with van der Waals surface area (Å²) >= 11 is 3.42. The zero-order chi connectivity index (χ0) is 13.4. The molecule has 0 aliphatic carbocycles. The van der Waals surface area contributed by atoms with Gasteiger partial charge >= 0.3 is 5.97 Å². The van der Waals surface area contributed by atoms with Crippen LogP contribution < -0.4 is 0 Å². The van der Waals surface area contributed by atoms with Gasteiger partial charge in [-0.25, -0.2) is 0 Å². The number of halogens is 1. The Morgan fingerprint density at radius 3 is 2.50 bits per heavy atom. The smallest absolute Gasteiger partial charge is 0.303 e. The van der Waals surface area contributed by atoms with Gasteiger partial charge in [0.15, 0.2) is 0 Å². The SMILES string of the molecule is CN(CCCCC(=O)O)CCc1ccc(Br)cc1. The molecule has 1 aromatic carbocycles. The number of hydrogen-bond donors (Lipinski definition) is 1. The van der Waals surface area contributed by atoms with Gasteiger partial charge in [-0.1, -0.05) is 28.1 Å². The van der Waals surface area contributed by atoms with E-state index < -0.39 is 5.97 Å². The highest BCUT2D eigenvalue weighted by Crippen LogP contribution is 2.11. The van der Waals surface area contributed by atoms with E-state index in [1.54, 1.807) is 0 Å². The van der Waals surface area contributed by atoms with Gasteiger partial charge < -0.3 is 10.0 Å². The van der Waals surface area contributed by atoms with E-state index in [4.69, 9.17) is 5.11 Å². The van der Waals surface area contributed by atoms with Crippen LogP contribution in [0.15, 0.2) is 28.7 Å². The number of benzene rings is 1. The molecular formula is C14H20BrNO2. The molecule has 0 unspecified atom stereocenters. The van der Waals surface area contributed by atoms with Gasteiger partial charge in [-0.2, -0.15) is 0 Å². The number of aliphatic carboxylic acids is 1. The largest absolute Gasteiger partial charge is 0.481 e. The summed E-state index contributed by atoms with van der Waals surface area (Å²) in [6.07, 6.45) is 3.02. The van der Waals surface area contributed by atoms with Crippen LogP contribution >= 0.6 is 15.9 Å². The maximum Gasteiger partial charge on any atom is 0.303 e. The molecule has 0 saturated carbocycles. The maximum atomic E-state index is 10.4. The highest BCUT2D eigenvalue weighted by atomic mass is 79.9. The fourth-order valence-electron chi connectivity index (χ4n) is 1.74. The maximum absolute atomic E-state index is 10.4. The van der Waals surface area contributed by atoms with Crippen molar-refractivity contribution in [3.63, 3.8) is 0 Å². The van der Waals surface area contributed by atoms with Crippen molar-refractivity contribution in [2.75, 3.05) is 20.1 Å². The van der Waals surface area contributed by atoms with Crippen molar-refractivity contribution in [2.24, 2.45) is 0 Å². The van der Waals surface area contributed by atoms with Gasteiger partial charge in [-0.3, -0.25) is 4.79 Å². The second-order valence-electron chi connectivity index (χ2n) is 4.53. The van der Waals surface area contributed by atoms with Crippen LogP contribution in [0.5, 0.6) is 0 Å². The Hall–Kier alpha value is -0.870. The number of rotatable bonds is 8. The van der Waals surface area contributed by atoms with E-state index in [1.165, 1.54) is 5.56 Å². The zero-order valence-corrected chi connectivity index (χ0v) is 12.3. The van der Waals surface area contributed by atoms with Gasteiger partial charge in [-0.05, 0) is 50.6 Å². The van der Waals surface area contributed by atoms with Crippen LogP contribution in [0.4, 0.5) is 0 Å². The first-order valence-electron chi connectivity index (χ1n) is 6.22. The van der Waals surface area contributed by atoms with Crippen LogP contribution in [0.25, 0.3) is 0 Å². The van der Waals surface area contributed by atoms with E-state index >= 15 is 0 Å². The molecule has 4 heteroatoms. The molecule has 1 N–H and O–H groups in total. The van der Waals surface area contributed by atoms with E-state index in [-0.39, 0.29) is 6.42 Å². The summed E-state index contributed by atoms with van der Waals surface area (Å²) in [5.74, 6) is -0.701. The van der Waals surface area contributed by atoms with Crippen LogP contribution in [0.3, 0.4) is 0 Å². The quantitative estimate of drug-likeness (QED) is 0.749. The van der Waals surface area contributed by atoms with Crippen LogP contribution in [-0.4, -0.2) is 36.1 Å². The summed E-state index contributed by atoms with van der Waals surface area (Å²) in [6.45, 7) is 1.97. The van der Waals surface area contributed by atoms with Crippen molar-refractivity contribution in [1.82, 2.24) is 4.90 Å². The highest BCUT2D eigenvalue weighted by molar-refractivity contribution is 9.10. The van der Waals surface area contributed by atoms with Crippen molar-refractivity contribution in [3.05, 3.63) is 34.3 Å².